The van der Waals surface area contributed by atoms with Gasteiger partial charge in [0.05, 0.1) is 5.69 Å². The second kappa shape index (κ2) is 5.99. The highest BCUT2D eigenvalue weighted by atomic mass is 15.3. The molecule has 22 heavy (non-hydrogen) atoms. The summed E-state index contributed by atoms with van der Waals surface area (Å²) in [5.74, 6) is 0.604. The Labute approximate surface area is 132 Å². The van der Waals surface area contributed by atoms with Crippen molar-refractivity contribution in [1.82, 2.24) is 19.7 Å². The van der Waals surface area contributed by atoms with Crippen molar-refractivity contribution in [3.8, 4) is 0 Å². The van der Waals surface area contributed by atoms with Crippen LogP contribution in [0.4, 0.5) is 0 Å². The maximum Gasteiger partial charge on any atom is 0.157 e. The number of hydrogen-bond acceptors (Lipinski definition) is 3. The van der Waals surface area contributed by atoms with E-state index in [1.807, 2.05) is 24.0 Å². The molecule has 4 nitrogen and oxygen atoms in total. The molecule has 0 unspecified atom stereocenters. The summed E-state index contributed by atoms with van der Waals surface area (Å²) in [4.78, 5) is 7.22. The van der Waals surface area contributed by atoms with Crippen LogP contribution in [0.25, 0.3) is 11.0 Å². The van der Waals surface area contributed by atoms with Gasteiger partial charge in [0.25, 0.3) is 0 Å². The lowest BCUT2D eigenvalue weighted by Crippen LogP contribution is -2.42. The minimum atomic E-state index is 0.604. The topological polar surface area (TPSA) is 34.0 Å². The molecule has 0 amide bonds. The van der Waals surface area contributed by atoms with Gasteiger partial charge in [-0.1, -0.05) is 19.3 Å². The van der Waals surface area contributed by atoms with Crippen molar-refractivity contribution < 1.29 is 0 Å². The molecule has 2 fully saturated rings. The lowest BCUT2D eigenvalue weighted by Gasteiger charge is -2.39. The summed E-state index contributed by atoms with van der Waals surface area (Å²) in [7, 11) is 2.01. The van der Waals surface area contributed by atoms with Gasteiger partial charge in [0, 0.05) is 30.6 Å². The minimum Gasteiger partial charge on any atom is -0.300 e. The monoisotopic (exact) mass is 298 g/mol. The Balaban J connectivity index is 1.48. The van der Waals surface area contributed by atoms with Crippen molar-refractivity contribution in [2.75, 3.05) is 13.1 Å². The number of nitrogens with zero attached hydrogens (tertiary/aromatic N) is 4. The predicted molar refractivity (Wildman–Crippen MR) is 88.9 cm³/mol. The van der Waals surface area contributed by atoms with Crippen LogP contribution in [0.15, 0.2) is 18.3 Å². The Kier molecular flexibility index (Phi) is 3.87. The van der Waals surface area contributed by atoms with E-state index in [2.05, 4.69) is 16.0 Å². The van der Waals surface area contributed by atoms with Crippen LogP contribution in [-0.4, -0.2) is 38.8 Å². The number of fused-ring (bicyclic) bond motifs is 1. The van der Waals surface area contributed by atoms with Crippen LogP contribution in [0.5, 0.6) is 0 Å². The lowest BCUT2D eigenvalue weighted by molar-refractivity contribution is 0.121. The first kappa shape index (κ1) is 14.2. The van der Waals surface area contributed by atoms with Gasteiger partial charge in [0.1, 0.15) is 0 Å². The zero-order chi connectivity index (χ0) is 14.9. The number of piperidine rings is 1. The van der Waals surface area contributed by atoms with Gasteiger partial charge >= 0.3 is 0 Å². The fourth-order valence-corrected chi connectivity index (χ4v) is 4.40. The summed E-state index contributed by atoms with van der Waals surface area (Å²) < 4.78 is 1.94. The van der Waals surface area contributed by atoms with Crippen LogP contribution in [0.3, 0.4) is 0 Å². The van der Waals surface area contributed by atoms with Gasteiger partial charge in [0.15, 0.2) is 5.65 Å². The number of hydrogen-bond donors (Lipinski definition) is 0. The molecule has 0 spiro atoms. The van der Waals surface area contributed by atoms with Crippen molar-refractivity contribution in [2.45, 2.75) is 56.9 Å². The molecule has 2 aliphatic rings. The number of likely N-dealkylation sites (tertiary alicyclic amines) is 1. The lowest BCUT2D eigenvalue weighted by atomic mass is 9.88. The fourth-order valence-electron chi connectivity index (χ4n) is 4.40. The molecule has 2 aromatic heterocycles. The van der Waals surface area contributed by atoms with Crippen molar-refractivity contribution >= 4 is 11.0 Å². The highest BCUT2D eigenvalue weighted by molar-refractivity contribution is 5.78. The maximum absolute atomic E-state index is 4.79. The number of rotatable bonds is 2. The molecule has 4 heteroatoms. The summed E-state index contributed by atoms with van der Waals surface area (Å²) in [6.45, 7) is 2.49. The fraction of sp³-hybridized carbons (Fsp3) is 0.667. The molecule has 3 heterocycles. The van der Waals surface area contributed by atoms with Crippen LogP contribution in [0.1, 0.15) is 56.6 Å². The third kappa shape index (κ3) is 2.54. The van der Waals surface area contributed by atoms with Crippen LogP contribution < -0.4 is 0 Å². The van der Waals surface area contributed by atoms with Gasteiger partial charge < -0.3 is 4.90 Å². The third-order valence-electron chi connectivity index (χ3n) is 5.63. The van der Waals surface area contributed by atoms with E-state index < -0.39 is 0 Å². The molecule has 0 N–H and O–H groups in total. The Morgan fingerprint density at radius 2 is 1.82 bits per heavy atom. The zero-order valence-electron chi connectivity index (χ0n) is 13.5. The molecule has 1 aliphatic heterocycles. The van der Waals surface area contributed by atoms with E-state index in [1.54, 1.807) is 0 Å². The quantitative estimate of drug-likeness (QED) is 0.851. The number of pyridine rings is 1. The second-order valence-corrected chi connectivity index (χ2v) is 6.99. The van der Waals surface area contributed by atoms with Gasteiger partial charge in [-0.05, 0) is 50.9 Å². The summed E-state index contributed by atoms with van der Waals surface area (Å²) in [6, 6.07) is 5.07. The van der Waals surface area contributed by atoms with Gasteiger partial charge in [-0.25, -0.2) is 4.98 Å². The predicted octanol–water partition coefficient (Wildman–Crippen LogP) is 3.48. The van der Waals surface area contributed by atoms with E-state index in [1.165, 1.54) is 69.1 Å². The van der Waals surface area contributed by atoms with Gasteiger partial charge in [-0.3, -0.25) is 4.68 Å². The molecule has 118 valence electrons. The van der Waals surface area contributed by atoms with Crippen LogP contribution in [0, 0.1) is 0 Å². The van der Waals surface area contributed by atoms with Crippen LogP contribution >= 0.6 is 0 Å². The Morgan fingerprint density at radius 3 is 2.59 bits per heavy atom. The normalized spacial score (nSPS) is 22.4. The maximum atomic E-state index is 4.79. The molecule has 0 aromatic carbocycles. The minimum absolute atomic E-state index is 0.604. The highest BCUT2D eigenvalue weighted by Crippen LogP contribution is 2.34. The molecule has 0 atom stereocenters. The van der Waals surface area contributed by atoms with E-state index in [4.69, 9.17) is 5.10 Å². The van der Waals surface area contributed by atoms with E-state index >= 15 is 0 Å². The standard InChI is InChI=1S/C18H26N4/c1-21-18-16(8-5-11-19-18)17(20-21)14-9-12-22(13-10-14)15-6-3-2-4-7-15/h5,8,11,14-15H,2-4,6-7,9-10,12-13H2,1H3. The molecule has 1 saturated carbocycles. The average molecular weight is 298 g/mol. The van der Waals surface area contributed by atoms with Crippen LogP contribution in [0.2, 0.25) is 0 Å². The molecule has 2 aromatic rings. The third-order valence-corrected chi connectivity index (χ3v) is 5.63. The molecular formula is C18H26N4. The SMILES string of the molecule is Cn1nc(C2CCN(C3CCCCC3)CC2)c2cccnc21. The number of aryl methyl sites for hydroxylation is 1. The van der Waals surface area contributed by atoms with E-state index in [0.29, 0.717) is 5.92 Å². The van der Waals surface area contributed by atoms with E-state index in [-0.39, 0.29) is 0 Å². The van der Waals surface area contributed by atoms with Crippen molar-refractivity contribution in [2.24, 2.45) is 7.05 Å². The molecular weight excluding hydrogens is 272 g/mol. The second-order valence-electron chi connectivity index (χ2n) is 6.99. The van der Waals surface area contributed by atoms with E-state index in [9.17, 15) is 0 Å². The molecule has 4 rings (SSSR count). The summed E-state index contributed by atoms with van der Waals surface area (Å²) >= 11 is 0. The van der Waals surface area contributed by atoms with Crippen LogP contribution in [-0.2, 0) is 7.05 Å². The summed E-state index contributed by atoms with van der Waals surface area (Å²) in [5, 5.41) is 6.04. The largest absolute Gasteiger partial charge is 0.300 e. The first-order valence-corrected chi connectivity index (χ1v) is 8.84. The Hall–Kier alpha value is -1.42. The van der Waals surface area contributed by atoms with E-state index in [0.717, 1.165) is 11.7 Å². The zero-order valence-corrected chi connectivity index (χ0v) is 13.5. The highest BCUT2D eigenvalue weighted by Gasteiger charge is 2.29. The molecule has 1 saturated heterocycles. The first-order valence-electron chi connectivity index (χ1n) is 8.84. The Bertz CT molecular complexity index is 634. The molecule has 1 aliphatic carbocycles. The van der Waals surface area contributed by atoms with Gasteiger partial charge in [-0.2, -0.15) is 5.10 Å². The summed E-state index contributed by atoms with van der Waals surface area (Å²) in [6.07, 6.45) is 11.5. The van der Waals surface area contributed by atoms with Crippen molar-refractivity contribution in [3.05, 3.63) is 24.0 Å². The number of aromatic nitrogens is 3. The van der Waals surface area contributed by atoms with Gasteiger partial charge in [0.2, 0.25) is 0 Å². The average Bonchev–Trinajstić information content (AvgIpc) is 2.93. The smallest absolute Gasteiger partial charge is 0.157 e. The van der Waals surface area contributed by atoms with Crippen molar-refractivity contribution in [3.63, 3.8) is 0 Å². The van der Waals surface area contributed by atoms with Gasteiger partial charge in [-0.15, -0.1) is 0 Å². The van der Waals surface area contributed by atoms with Crippen molar-refractivity contribution in [1.29, 1.82) is 0 Å². The summed E-state index contributed by atoms with van der Waals surface area (Å²) in [5.41, 5.74) is 2.29. The molecule has 0 radical (unpaired) electrons. The molecule has 0 bridgehead atoms. The first-order chi connectivity index (χ1) is 10.8. The Morgan fingerprint density at radius 1 is 1.05 bits per heavy atom.